The molecule has 2 N–H and O–H groups in total. The molecule has 7 nitrogen and oxygen atoms in total. The van der Waals surface area contributed by atoms with E-state index in [9.17, 15) is 0 Å². The molecule has 8 heteroatoms. The number of halogens is 1. The van der Waals surface area contributed by atoms with E-state index >= 15 is 0 Å². The molecule has 2 aromatic rings. The SMILES string of the molecule is CN=C(NCCCOCC1CCOCC1)NCCCc1cn(-c2ccccc2)nc1C.I. The van der Waals surface area contributed by atoms with Crippen LogP contribution in [0.4, 0.5) is 0 Å². The zero-order valence-electron chi connectivity index (χ0n) is 19.4. The molecule has 0 unspecified atom stereocenters. The molecule has 32 heavy (non-hydrogen) atoms. The quantitative estimate of drug-likeness (QED) is 0.192. The van der Waals surface area contributed by atoms with Crippen LogP contribution in [0.25, 0.3) is 5.69 Å². The number of benzene rings is 1. The van der Waals surface area contributed by atoms with Gasteiger partial charge >= 0.3 is 0 Å². The summed E-state index contributed by atoms with van der Waals surface area (Å²) in [4.78, 5) is 4.31. The van der Waals surface area contributed by atoms with Gasteiger partial charge in [-0.05, 0) is 62.6 Å². The largest absolute Gasteiger partial charge is 0.381 e. The lowest BCUT2D eigenvalue weighted by molar-refractivity contribution is 0.0203. The smallest absolute Gasteiger partial charge is 0.190 e. The minimum atomic E-state index is 0. The van der Waals surface area contributed by atoms with Gasteiger partial charge in [-0.3, -0.25) is 4.99 Å². The Morgan fingerprint density at radius 1 is 1.16 bits per heavy atom. The van der Waals surface area contributed by atoms with Gasteiger partial charge in [-0.15, -0.1) is 24.0 Å². The summed E-state index contributed by atoms with van der Waals surface area (Å²) in [5.41, 5.74) is 3.47. The Kier molecular flexibility index (Phi) is 12.7. The Balaban J connectivity index is 0.00000363. The van der Waals surface area contributed by atoms with Crippen LogP contribution in [-0.4, -0.2) is 62.3 Å². The molecular formula is C24H38IN5O2. The van der Waals surface area contributed by atoms with E-state index in [0.29, 0.717) is 5.92 Å². The molecule has 1 aromatic carbocycles. The number of aliphatic imine (C=N–C) groups is 1. The molecule has 0 atom stereocenters. The average molecular weight is 556 g/mol. The minimum absolute atomic E-state index is 0. The van der Waals surface area contributed by atoms with Gasteiger partial charge in [-0.2, -0.15) is 5.10 Å². The van der Waals surface area contributed by atoms with Crippen molar-refractivity contribution < 1.29 is 9.47 Å². The number of ether oxygens (including phenoxy) is 2. The van der Waals surface area contributed by atoms with Gasteiger partial charge in [-0.1, -0.05) is 18.2 Å². The van der Waals surface area contributed by atoms with E-state index in [1.165, 1.54) is 5.56 Å². The van der Waals surface area contributed by atoms with Gasteiger partial charge in [0.25, 0.3) is 0 Å². The molecule has 1 saturated heterocycles. The van der Waals surface area contributed by atoms with Crippen LogP contribution in [0.3, 0.4) is 0 Å². The van der Waals surface area contributed by atoms with E-state index in [-0.39, 0.29) is 24.0 Å². The molecule has 1 aliphatic heterocycles. The summed E-state index contributed by atoms with van der Waals surface area (Å²) in [7, 11) is 1.81. The molecule has 0 amide bonds. The first kappa shape index (κ1) is 26.6. The molecule has 0 aliphatic carbocycles. The second-order valence-electron chi connectivity index (χ2n) is 8.03. The standard InChI is InChI=1S/C24H37N5O2.HI/c1-20-22(18-29(28-20)23-9-4-3-5-10-23)8-6-13-26-24(25-2)27-14-7-15-31-19-21-11-16-30-17-12-21;/h3-5,9-10,18,21H,6-8,11-17,19H2,1-2H3,(H2,25,26,27);1H. The predicted octanol–water partition coefficient (Wildman–Crippen LogP) is 3.73. The number of hydrogen-bond donors (Lipinski definition) is 2. The number of aryl methyl sites for hydroxylation is 2. The lowest BCUT2D eigenvalue weighted by Crippen LogP contribution is -2.38. The first-order chi connectivity index (χ1) is 15.3. The number of nitrogens with zero attached hydrogens (tertiary/aromatic N) is 3. The number of aromatic nitrogens is 2. The van der Waals surface area contributed by atoms with E-state index in [1.54, 1.807) is 0 Å². The number of para-hydroxylation sites is 1. The Morgan fingerprint density at radius 2 is 1.88 bits per heavy atom. The zero-order chi connectivity index (χ0) is 21.7. The number of rotatable bonds is 11. The van der Waals surface area contributed by atoms with E-state index in [2.05, 4.69) is 46.0 Å². The third kappa shape index (κ3) is 9.07. The van der Waals surface area contributed by atoms with Crippen molar-refractivity contribution in [3.8, 4) is 5.69 Å². The van der Waals surface area contributed by atoms with Gasteiger partial charge in [0.1, 0.15) is 0 Å². The second kappa shape index (κ2) is 15.2. The maximum absolute atomic E-state index is 5.82. The number of guanidine groups is 1. The highest BCUT2D eigenvalue weighted by molar-refractivity contribution is 14.0. The topological polar surface area (TPSA) is 72.7 Å². The Labute approximate surface area is 209 Å². The molecule has 1 aromatic heterocycles. The van der Waals surface area contributed by atoms with Gasteiger partial charge in [0.2, 0.25) is 0 Å². The lowest BCUT2D eigenvalue weighted by Gasteiger charge is -2.21. The summed E-state index contributed by atoms with van der Waals surface area (Å²) in [6.45, 7) is 7.21. The van der Waals surface area contributed by atoms with Crippen LogP contribution in [0.1, 0.15) is 36.9 Å². The molecule has 0 radical (unpaired) electrons. The van der Waals surface area contributed by atoms with Crippen LogP contribution in [0.2, 0.25) is 0 Å². The van der Waals surface area contributed by atoms with Gasteiger partial charge < -0.3 is 20.1 Å². The molecule has 2 heterocycles. The van der Waals surface area contributed by atoms with Crippen molar-refractivity contribution in [2.75, 3.05) is 46.6 Å². The monoisotopic (exact) mass is 555 g/mol. The fraction of sp³-hybridized carbons (Fsp3) is 0.583. The maximum Gasteiger partial charge on any atom is 0.190 e. The van der Waals surface area contributed by atoms with E-state index in [1.807, 2.05) is 29.9 Å². The maximum atomic E-state index is 5.82. The van der Waals surface area contributed by atoms with Crippen molar-refractivity contribution in [2.24, 2.45) is 10.9 Å². The lowest BCUT2D eigenvalue weighted by atomic mass is 10.0. The summed E-state index contributed by atoms with van der Waals surface area (Å²) in [6, 6.07) is 10.2. The predicted molar refractivity (Wildman–Crippen MR) is 140 cm³/mol. The van der Waals surface area contributed by atoms with Crippen molar-refractivity contribution in [3.63, 3.8) is 0 Å². The van der Waals surface area contributed by atoms with Crippen molar-refractivity contribution in [1.82, 2.24) is 20.4 Å². The Morgan fingerprint density at radius 3 is 2.59 bits per heavy atom. The van der Waals surface area contributed by atoms with Gasteiger partial charge in [0.15, 0.2) is 5.96 Å². The van der Waals surface area contributed by atoms with Crippen LogP contribution in [0.5, 0.6) is 0 Å². The molecule has 3 rings (SSSR count). The molecular weight excluding hydrogens is 517 g/mol. The molecule has 1 fully saturated rings. The summed E-state index contributed by atoms with van der Waals surface area (Å²) in [5, 5.41) is 11.4. The van der Waals surface area contributed by atoms with Crippen LogP contribution < -0.4 is 10.6 Å². The average Bonchev–Trinajstić information content (AvgIpc) is 3.19. The molecule has 0 bridgehead atoms. The number of nitrogens with one attached hydrogen (secondary N) is 2. The fourth-order valence-electron chi connectivity index (χ4n) is 3.70. The Hall–Kier alpha value is -1.65. The second-order valence-corrected chi connectivity index (χ2v) is 8.03. The van der Waals surface area contributed by atoms with Crippen molar-refractivity contribution in [1.29, 1.82) is 0 Å². The summed E-state index contributed by atoms with van der Waals surface area (Å²) in [6.07, 6.45) is 7.38. The zero-order valence-corrected chi connectivity index (χ0v) is 21.7. The highest BCUT2D eigenvalue weighted by atomic mass is 127. The van der Waals surface area contributed by atoms with Crippen LogP contribution >= 0.6 is 24.0 Å². The minimum Gasteiger partial charge on any atom is -0.381 e. The van der Waals surface area contributed by atoms with Crippen molar-refractivity contribution >= 4 is 29.9 Å². The van der Waals surface area contributed by atoms with Crippen molar-refractivity contribution in [2.45, 2.75) is 39.0 Å². The van der Waals surface area contributed by atoms with E-state index < -0.39 is 0 Å². The van der Waals surface area contributed by atoms with Crippen LogP contribution in [-0.2, 0) is 15.9 Å². The van der Waals surface area contributed by atoms with E-state index in [0.717, 1.165) is 89.0 Å². The van der Waals surface area contributed by atoms with Crippen molar-refractivity contribution in [3.05, 3.63) is 47.8 Å². The first-order valence-corrected chi connectivity index (χ1v) is 11.5. The normalized spacial score (nSPS) is 14.8. The third-order valence-electron chi connectivity index (χ3n) is 5.61. The van der Waals surface area contributed by atoms with Gasteiger partial charge in [-0.25, -0.2) is 4.68 Å². The highest BCUT2D eigenvalue weighted by Crippen LogP contribution is 2.15. The summed E-state index contributed by atoms with van der Waals surface area (Å²) in [5.74, 6) is 1.51. The molecule has 178 valence electrons. The van der Waals surface area contributed by atoms with Crippen LogP contribution in [0.15, 0.2) is 41.5 Å². The van der Waals surface area contributed by atoms with Gasteiger partial charge in [0, 0.05) is 52.8 Å². The van der Waals surface area contributed by atoms with E-state index in [4.69, 9.17) is 9.47 Å². The number of hydrogen-bond acceptors (Lipinski definition) is 4. The molecule has 0 saturated carbocycles. The fourth-order valence-corrected chi connectivity index (χ4v) is 3.70. The first-order valence-electron chi connectivity index (χ1n) is 11.5. The van der Waals surface area contributed by atoms with Gasteiger partial charge in [0.05, 0.1) is 11.4 Å². The highest BCUT2D eigenvalue weighted by Gasteiger charge is 2.13. The Bertz CT molecular complexity index is 791. The summed E-state index contributed by atoms with van der Waals surface area (Å²) >= 11 is 0. The third-order valence-corrected chi connectivity index (χ3v) is 5.61. The molecule has 0 spiro atoms. The molecule has 1 aliphatic rings. The summed E-state index contributed by atoms with van der Waals surface area (Å²) < 4.78 is 13.2. The van der Waals surface area contributed by atoms with Crippen LogP contribution in [0, 0.1) is 12.8 Å².